The maximum atomic E-state index is 12.1. The van der Waals surface area contributed by atoms with Crippen molar-refractivity contribution in [1.82, 2.24) is 0 Å². The molecule has 21 heavy (non-hydrogen) atoms. The molecule has 7 heteroatoms. The molecule has 0 aromatic heterocycles. The summed E-state index contributed by atoms with van der Waals surface area (Å²) >= 11 is 5.90. The molecule has 0 unspecified atom stereocenters. The molecule has 6 nitrogen and oxygen atoms in total. The van der Waals surface area contributed by atoms with Crippen LogP contribution in [-0.4, -0.2) is 10.8 Å². The predicted molar refractivity (Wildman–Crippen MR) is 77.2 cm³/mol. The highest BCUT2D eigenvalue weighted by Crippen LogP contribution is 2.27. The Kier molecular flexibility index (Phi) is 4.16. The Labute approximate surface area is 124 Å². The molecule has 0 aliphatic carbocycles. The van der Waals surface area contributed by atoms with Gasteiger partial charge in [-0.05, 0) is 24.3 Å². The van der Waals surface area contributed by atoms with E-state index >= 15 is 0 Å². The van der Waals surface area contributed by atoms with Crippen molar-refractivity contribution < 1.29 is 9.72 Å². The summed E-state index contributed by atoms with van der Waals surface area (Å²) in [5.41, 5.74) is 0.558. The van der Waals surface area contributed by atoms with Gasteiger partial charge < -0.3 is 5.32 Å². The number of hydrogen-bond acceptors (Lipinski definition) is 4. The molecule has 0 bridgehead atoms. The summed E-state index contributed by atoms with van der Waals surface area (Å²) in [4.78, 5) is 22.2. The minimum Gasteiger partial charge on any atom is -0.320 e. The van der Waals surface area contributed by atoms with Crippen LogP contribution in [0.5, 0.6) is 0 Å². The van der Waals surface area contributed by atoms with Gasteiger partial charge in [-0.15, -0.1) is 0 Å². The first-order valence-corrected chi connectivity index (χ1v) is 6.14. The zero-order chi connectivity index (χ0) is 15.4. The average Bonchev–Trinajstić information content (AvgIpc) is 2.49. The molecule has 2 aromatic carbocycles. The summed E-state index contributed by atoms with van der Waals surface area (Å²) in [6, 6.07) is 11.8. The number of amides is 1. The molecular formula is C14H8ClN3O3. The Morgan fingerprint density at radius 3 is 2.71 bits per heavy atom. The molecule has 104 valence electrons. The normalized spacial score (nSPS) is 9.71. The number of rotatable bonds is 3. The van der Waals surface area contributed by atoms with Crippen LogP contribution in [0.3, 0.4) is 0 Å². The molecule has 1 amide bonds. The molecule has 0 heterocycles. The van der Waals surface area contributed by atoms with Gasteiger partial charge in [0.2, 0.25) is 0 Å². The summed E-state index contributed by atoms with van der Waals surface area (Å²) in [6.45, 7) is 0. The van der Waals surface area contributed by atoms with E-state index in [1.165, 1.54) is 30.3 Å². The van der Waals surface area contributed by atoms with Crippen molar-refractivity contribution >= 4 is 28.9 Å². The van der Waals surface area contributed by atoms with E-state index in [4.69, 9.17) is 16.9 Å². The topological polar surface area (TPSA) is 96.0 Å². The second-order valence-corrected chi connectivity index (χ2v) is 4.48. The molecule has 0 saturated carbocycles. The fraction of sp³-hybridized carbons (Fsp3) is 0. The number of benzene rings is 2. The number of anilines is 1. The number of halogens is 1. The van der Waals surface area contributed by atoms with Crippen molar-refractivity contribution in [3.63, 3.8) is 0 Å². The van der Waals surface area contributed by atoms with Gasteiger partial charge in [0, 0.05) is 17.7 Å². The van der Waals surface area contributed by atoms with Crippen LogP contribution < -0.4 is 5.32 Å². The molecule has 1 N–H and O–H groups in total. The van der Waals surface area contributed by atoms with E-state index in [1.54, 1.807) is 12.1 Å². The van der Waals surface area contributed by atoms with Gasteiger partial charge in [0.15, 0.2) is 0 Å². The van der Waals surface area contributed by atoms with Crippen molar-refractivity contribution in [3.05, 3.63) is 68.7 Å². The van der Waals surface area contributed by atoms with Crippen LogP contribution in [0.4, 0.5) is 11.4 Å². The minimum absolute atomic E-state index is 0.137. The van der Waals surface area contributed by atoms with Crippen LogP contribution >= 0.6 is 11.6 Å². The summed E-state index contributed by atoms with van der Waals surface area (Å²) < 4.78 is 0. The standard InChI is InChI=1S/C14H8ClN3O3/c15-12-5-4-11(18(20)21)7-13(12)17-14(19)10-3-1-2-9(6-10)8-16/h1-7H,(H,17,19). The van der Waals surface area contributed by atoms with Crippen molar-refractivity contribution in [1.29, 1.82) is 5.26 Å². The first kappa shape index (κ1) is 14.5. The third kappa shape index (κ3) is 3.35. The number of nitro groups is 1. The quantitative estimate of drug-likeness (QED) is 0.694. The van der Waals surface area contributed by atoms with E-state index in [-0.39, 0.29) is 22.0 Å². The number of hydrogen-bond donors (Lipinski definition) is 1. The Morgan fingerprint density at radius 1 is 1.29 bits per heavy atom. The van der Waals surface area contributed by atoms with E-state index in [0.717, 1.165) is 0 Å². The fourth-order valence-electron chi connectivity index (χ4n) is 1.65. The monoisotopic (exact) mass is 301 g/mol. The molecular weight excluding hydrogens is 294 g/mol. The highest BCUT2D eigenvalue weighted by Gasteiger charge is 2.13. The average molecular weight is 302 g/mol. The van der Waals surface area contributed by atoms with Crippen molar-refractivity contribution in [3.8, 4) is 6.07 Å². The number of nitrogens with one attached hydrogen (secondary N) is 1. The number of carbonyl (C=O) groups is 1. The lowest BCUT2D eigenvalue weighted by Gasteiger charge is -2.07. The Balaban J connectivity index is 2.29. The van der Waals surface area contributed by atoms with E-state index in [9.17, 15) is 14.9 Å². The van der Waals surface area contributed by atoms with Crippen LogP contribution in [0.1, 0.15) is 15.9 Å². The zero-order valence-electron chi connectivity index (χ0n) is 10.5. The van der Waals surface area contributed by atoms with E-state index < -0.39 is 10.8 Å². The predicted octanol–water partition coefficient (Wildman–Crippen LogP) is 3.37. The first-order valence-electron chi connectivity index (χ1n) is 5.76. The molecule has 0 atom stereocenters. The smallest absolute Gasteiger partial charge is 0.271 e. The SMILES string of the molecule is N#Cc1cccc(C(=O)Nc2cc([N+](=O)[O-])ccc2Cl)c1. The number of nitrogens with zero attached hydrogens (tertiary/aromatic N) is 2. The van der Waals surface area contributed by atoms with Gasteiger partial charge in [-0.25, -0.2) is 0 Å². The van der Waals surface area contributed by atoms with Gasteiger partial charge in [0.25, 0.3) is 11.6 Å². The van der Waals surface area contributed by atoms with Gasteiger partial charge in [-0.3, -0.25) is 14.9 Å². The van der Waals surface area contributed by atoms with Crippen LogP contribution in [0, 0.1) is 21.4 Å². The first-order chi connectivity index (χ1) is 10.0. The second-order valence-electron chi connectivity index (χ2n) is 4.07. The molecule has 0 saturated heterocycles. The van der Waals surface area contributed by atoms with Crippen LogP contribution in [-0.2, 0) is 0 Å². The minimum atomic E-state index is -0.581. The van der Waals surface area contributed by atoms with Crippen LogP contribution in [0.25, 0.3) is 0 Å². The number of non-ortho nitro benzene ring substituents is 1. The lowest BCUT2D eigenvalue weighted by molar-refractivity contribution is -0.384. The molecule has 0 fully saturated rings. The molecule has 2 aromatic rings. The summed E-state index contributed by atoms with van der Waals surface area (Å²) in [5.74, 6) is -0.505. The molecule has 0 radical (unpaired) electrons. The van der Waals surface area contributed by atoms with Gasteiger partial charge in [-0.2, -0.15) is 5.26 Å². The Morgan fingerprint density at radius 2 is 2.05 bits per heavy atom. The maximum absolute atomic E-state index is 12.1. The zero-order valence-corrected chi connectivity index (χ0v) is 11.3. The summed E-state index contributed by atoms with van der Waals surface area (Å²) in [7, 11) is 0. The fourth-order valence-corrected chi connectivity index (χ4v) is 1.81. The lowest BCUT2D eigenvalue weighted by Crippen LogP contribution is -2.12. The summed E-state index contributed by atoms with van der Waals surface area (Å²) in [5, 5.41) is 22.2. The number of nitro benzene ring substituents is 1. The van der Waals surface area contributed by atoms with Crippen molar-refractivity contribution in [2.75, 3.05) is 5.32 Å². The Bertz CT molecular complexity index is 768. The van der Waals surface area contributed by atoms with E-state index in [2.05, 4.69) is 5.32 Å². The largest absolute Gasteiger partial charge is 0.320 e. The molecule has 0 aliphatic heterocycles. The highest BCUT2D eigenvalue weighted by atomic mass is 35.5. The van der Waals surface area contributed by atoms with E-state index in [0.29, 0.717) is 5.56 Å². The highest BCUT2D eigenvalue weighted by molar-refractivity contribution is 6.34. The van der Waals surface area contributed by atoms with Gasteiger partial charge >= 0.3 is 0 Å². The number of nitriles is 1. The van der Waals surface area contributed by atoms with Gasteiger partial charge in [0.05, 0.1) is 27.3 Å². The molecule has 0 aliphatic rings. The van der Waals surface area contributed by atoms with Gasteiger partial charge in [-0.1, -0.05) is 17.7 Å². The van der Waals surface area contributed by atoms with Crippen molar-refractivity contribution in [2.45, 2.75) is 0 Å². The molecule has 2 rings (SSSR count). The van der Waals surface area contributed by atoms with Crippen LogP contribution in [0.15, 0.2) is 42.5 Å². The third-order valence-electron chi connectivity index (χ3n) is 2.66. The second kappa shape index (κ2) is 6.03. The Hall–Kier alpha value is -2.91. The van der Waals surface area contributed by atoms with Gasteiger partial charge in [0.1, 0.15) is 0 Å². The van der Waals surface area contributed by atoms with Crippen LogP contribution in [0.2, 0.25) is 5.02 Å². The van der Waals surface area contributed by atoms with Crippen molar-refractivity contribution in [2.24, 2.45) is 0 Å². The number of carbonyl (C=O) groups excluding carboxylic acids is 1. The van der Waals surface area contributed by atoms with E-state index in [1.807, 2.05) is 6.07 Å². The molecule has 0 spiro atoms. The lowest BCUT2D eigenvalue weighted by atomic mass is 10.1. The third-order valence-corrected chi connectivity index (χ3v) is 2.99. The summed E-state index contributed by atoms with van der Waals surface area (Å²) in [6.07, 6.45) is 0. The maximum Gasteiger partial charge on any atom is 0.271 e.